The first-order valence-corrected chi connectivity index (χ1v) is 15.4. The Morgan fingerprint density at radius 3 is 2.56 bits per heavy atom. The van der Waals surface area contributed by atoms with Gasteiger partial charge in [-0.1, -0.05) is 30.3 Å². The summed E-state index contributed by atoms with van der Waals surface area (Å²) in [5.41, 5.74) is 5.61. The predicted molar refractivity (Wildman–Crippen MR) is 153 cm³/mol. The SMILES string of the molecule is CCOC(=O)CN(C(=O)[C@@H](CC(=O)NC[C@H]1CCCN(C(=N)N)C1)NS(=O)(=O)c1ccc2ccccc2c1)C1CC1. The molecule has 41 heavy (non-hydrogen) atoms. The van der Waals surface area contributed by atoms with Crippen molar-refractivity contribution in [1.29, 1.82) is 5.41 Å². The normalized spacial score (nSPS) is 18.0. The third-order valence-corrected chi connectivity index (χ3v) is 8.81. The smallest absolute Gasteiger partial charge is 0.325 e. The molecule has 2 aromatic rings. The van der Waals surface area contributed by atoms with Crippen molar-refractivity contribution >= 4 is 44.5 Å². The number of rotatable bonds is 12. The van der Waals surface area contributed by atoms with Crippen LogP contribution in [0.5, 0.6) is 0 Å². The van der Waals surface area contributed by atoms with E-state index in [1.54, 1.807) is 30.0 Å². The molecule has 1 aliphatic carbocycles. The van der Waals surface area contributed by atoms with Crippen LogP contribution in [0.3, 0.4) is 0 Å². The van der Waals surface area contributed by atoms with Gasteiger partial charge in [-0.15, -0.1) is 0 Å². The van der Waals surface area contributed by atoms with Gasteiger partial charge in [0, 0.05) is 25.7 Å². The van der Waals surface area contributed by atoms with Crippen LogP contribution in [0.2, 0.25) is 0 Å². The lowest BCUT2D eigenvalue weighted by Crippen LogP contribution is -2.52. The van der Waals surface area contributed by atoms with Crippen molar-refractivity contribution < 1.29 is 27.5 Å². The van der Waals surface area contributed by atoms with Crippen molar-refractivity contribution in [2.45, 2.75) is 56.0 Å². The second kappa shape index (κ2) is 13.3. The quantitative estimate of drug-likeness (QED) is 0.163. The standard InChI is InChI=1S/C28H38N6O6S/c1-2-40-26(36)18-34(22-10-11-22)27(37)24(15-25(35)31-16-19-6-5-13-33(17-19)28(29)30)32-41(38,39)23-12-9-20-7-3-4-8-21(20)14-23/h3-4,7-9,12,14,19,22,24,32H,2,5-6,10-11,13,15-18H2,1H3,(H3,29,30)(H,31,35)/t19-,24-/m1/s1. The zero-order chi connectivity index (χ0) is 29.6. The Bertz CT molecular complexity index is 1400. The monoisotopic (exact) mass is 586 g/mol. The summed E-state index contributed by atoms with van der Waals surface area (Å²) >= 11 is 0. The fraction of sp³-hybridized carbons (Fsp3) is 0.500. The highest BCUT2D eigenvalue weighted by Gasteiger charge is 2.39. The van der Waals surface area contributed by atoms with Crippen LogP contribution in [0, 0.1) is 11.3 Å². The van der Waals surface area contributed by atoms with Gasteiger partial charge in [0.1, 0.15) is 12.6 Å². The third kappa shape index (κ3) is 8.17. The van der Waals surface area contributed by atoms with Crippen molar-refractivity contribution in [1.82, 2.24) is 19.8 Å². The van der Waals surface area contributed by atoms with Gasteiger partial charge in [-0.3, -0.25) is 19.8 Å². The van der Waals surface area contributed by atoms with Crippen LogP contribution < -0.4 is 15.8 Å². The minimum Gasteiger partial charge on any atom is -0.465 e. The maximum absolute atomic E-state index is 13.7. The molecule has 2 aromatic carbocycles. The number of benzene rings is 2. The number of carbonyl (C=O) groups is 3. The van der Waals surface area contributed by atoms with E-state index in [-0.39, 0.29) is 36.0 Å². The van der Waals surface area contributed by atoms with E-state index in [0.717, 1.165) is 18.2 Å². The molecule has 0 spiro atoms. The Morgan fingerprint density at radius 2 is 1.88 bits per heavy atom. The highest BCUT2D eigenvalue weighted by atomic mass is 32.2. The minimum absolute atomic E-state index is 0.0171. The number of carbonyl (C=O) groups excluding carboxylic acids is 3. The molecular weight excluding hydrogens is 548 g/mol. The first-order valence-electron chi connectivity index (χ1n) is 13.9. The number of hydrogen-bond acceptors (Lipinski definition) is 7. The van der Waals surface area contributed by atoms with Crippen LogP contribution in [0.1, 0.15) is 39.0 Å². The van der Waals surface area contributed by atoms with E-state index in [4.69, 9.17) is 15.9 Å². The van der Waals surface area contributed by atoms with Gasteiger partial charge in [-0.05, 0) is 61.4 Å². The van der Waals surface area contributed by atoms with Gasteiger partial charge < -0.3 is 25.6 Å². The molecule has 12 nitrogen and oxygen atoms in total. The number of guanidine groups is 1. The van der Waals surface area contributed by atoms with Crippen LogP contribution in [-0.2, 0) is 29.1 Å². The fourth-order valence-corrected chi connectivity index (χ4v) is 6.28. The molecule has 4 rings (SSSR count). The maximum atomic E-state index is 13.7. The molecule has 2 fully saturated rings. The number of nitrogens with two attached hydrogens (primary N) is 1. The number of nitrogens with one attached hydrogen (secondary N) is 3. The van der Waals surface area contributed by atoms with Crippen molar-refractivity contribution in [3.05, 3.63) is 42.5 Å². The number of likely N-dealkylation sites (tertiary alicyclic amines) is 1. The highest BCUT2D eigenvalue weighted by Crippen LogP contribution is 2.28. The van der Waals surface area contributed by atoms with Crippen LogP contribution in [0.25, 0.3) is 10.8 Å². The Labute approximate surface area is 240 Å². The van der Waals surface area contributed by atoms with E-state index in [1.807, 2.05) is 12.1 Å². The van der Waals surface area contributed by atoms with Crippen molar-refractivity contribution in [3.63, 3.8) is 0 Å². The lowest BCUT2D eigenvalue weighted by Gasteiger charge is -2.33. The average molecular weight is 587 g/mol. The van der Waals surface area contributed by atoms with Crippen LogP contribution in [-0.4, -0.2) is 86.8 Å². The second-order valence-corrected chi connectivity index (χ2v) is 12.2. The van der Waals surface area contributed by atoms with E-state index < -0.39 is 40.3 Å². The molecule has 2 amide bonds. The Hall–Kier alpha value is -3.71. The molecule has 0 aromatic heterocycles. The lowest BCUT2D eigenvalue weighted by atomic mass is 9.98. The van der Waals surface area contributed by atoms with Crippen molar-refractivity contribution in [3.8, 4) is 0 Å². The van der Waals surface area contributed by atoms with Gasteiger partial charge in [-0.2, -0.15) is 4.72 Å². The highest BCUT2D eigenvalue weighted by molar-refractivity contribution is 7.89. The molecule has 1 saturated carbocycles. The maximum Gasteiger partial charge on any atom is 0.325 e. The lowest BCUT2D eigenvalue weighted by molar-refractivity contribution is -0.150. The number of ether oxygens (including phenoxy) is 1. The molecule has 0 unspecified atom stereocenters. The molecule has 222 valence electrons. The largest absolute Gasteiger partial charge is 0.465 e. The number of hydrogen-bond donors (Lipinski definition) is 4. The molecule has 2 aliphatic rings. The van der Waals surface area contributed by atoms with E-state index in [0.29, 0.717) is 37.9 Å². The van der Waals surface area contributed by atoms with E-state index in [2.05, 4.69) is 10.0 Å². The average Bonchev–Trinajstić information content (AvgIpc) is 3.79. The van der Waals surface area contributed by atoms with Crippen LogP contribution in [0.4, 0.5) is 0 Å². The minimum atomic E-state index is -4.21. The van der Waals surface area contributed by atoms with E-state index in [1.165, 1.54) is 17.0 Å². The van der Waals surface area contributed by atoms with Crippen LogP contribution in [0.15, 0.2) is 47.4 Å². The predicted octanol–water partition coefficient (Wildman–Crippen LogP) is 1.15. The van der Waals surface area contributed by atoms with Gasteiger partial charge >= 0.3 is 5.97 Å². The Kier molecular flexibility index (Phi) is 9.81. The molecular formula is C28H38N6O6S. The summed E-state index contributed by atoms with van der Waals surface area (Å²) in [4.78, 5) is 42.0. The molecule has 1 heterocycles. The topological polar surface area (TPSA) is 175 Å². The molecule has 13 heteroatoms. The number of nitrogens with zero attached hydrogens (tertiary/aromatic N) is 2. The Morgan fingerprint density at radius 1 is 1.15 bits per heavy atom. The van der Waals surface area contributed by atoms with Gasteiger partial charge in [0.2, 0.25) is 21.8 Å². The van der Waals surface area contributed by atoms with Gasteiger partial charge in [0.15, 0.2) is 5.96 Å². The zero-order valence-corrected chi connectivity index (χ0v) is 24.0. The molecule has 2 atom stereocenters. The summed E-state index contributed by atoms with van der Waals surface area (Å²) in [5.74, 6) is -1.71. The molecule has 1 aliphatic heterocycles. The molecule has 5 N–H and O–H groups in total. The van der Waals surface area contributed by atoms with Crippen LogP contribution >= 0.6 is 0 Å². The van der Waals surface area contributed by atoms with E-state index >= 15 is 0 Å². The van der Waals surface area contributed by atoms with Gasteiger partial charge in [-0.25, -0.2) is 8.42 Å². The number of esters is 1. The Balaban J connectivity index is 1.51. The summed E-state index contributed by atoms with van der Waals surface area (Å²) in [6.45, 7) is 3.00. The summed E-state index contributed by atoms with van der Waals surface area (Å²) in [6, 6.07) is 10.3. The third-order valence-electron chi connectivity index (χ3n) is 7.34. The van der Waals surface area contributed by atoms with E-state index in [9.17, 15) is 22.8 Å². The number of fused-ring (bicyclic) bond motifs is 1. The second-order valence-electron chi connectivity index (χ2n) is 10.5. The molecule has 0 radical (unpaired) electrons. The van der Waals surface area contributed by atoms with Crippen molar-refractivity contribution in [2.24, 2.45) is 11.7 Å². The van der Waals surface area contributed by atoms with Gasteiger partial charge in [0.05, 0.1) is 17.9 Å². The van der Waals surface area contributed by atoms with Crippen molar-refractivity contribution in [2.75, 3.05) is 32.8 Å². The summed E-state index contributed by atoms with van der Waals surface area (Å²) in [5, 5.41) is 12.1. The molecule has 0 bridgehead atoms. The number of sulfonamides is 1. The first kappa shape index (κ1) is 30.3. The number of amides is 2. The summed E-state index contributed by atoms with van der Waals surface area (Å²) < 4.78 is 34.4. The fourth-order valence-electron chi connectivity index (χ4n) is 5.05. The summed E-state index contributed by atoms with van der Waals surface area (Å²) in [7, 11) is -4.21. The zero-order valence-electron chi connectivity index (χ0n) is 23.2. The van der Waals surface area contributed by atoms with Gasteiger partial charge in [0.25, 0.3) is 0 Å². The number of piperidine rings is 1. The first-order chi connectivity index (χ1) is 19.6. The molecule has 1 saturated heterocycles. The summed E-state index contributed by atoms with van der Waals surface area (Å²) in [6.07, 6.45) is 2.58.